The summed E-state index contributed by atoms with van der Waals surface area (Å²) >= 11 is 0. The third-order valence-corrected chi connectivity index (χ3v) is 9.47. The maximum atomic E-state index is 13.5. The lowest BCUT2D eigenvalue weighted by Gasteiger charge is -2.55. The number of halogens is 3. The number of aromatic nitrogens is 5. The number of hydrogen-bond acceptors (Lipinski definition) is 6. The Labute approximate surface area is 221 Å². The van der Waals surface area contributed by atoms with Gasteiger partial charge in [-0.05, 0) is 50.0 Å². The van der Waals surface area contributed by atoms with Gasteiger partial charge in [-0.2, -0.15) is 23.4 Å². The predicted molar refractivity (Wildman–Crippen MR) is 135 cm³/mol. The number of carbonyl (C=O) groups is 1. The molecule has 6 heterocycles. The van der Waals surface area contributed by atoms with Crippen molar-refractivity contribution in [2.45, 2.75) is 56.8 Å². The Morgan fingerprint density at radius 1 is 1.05 bits per heavy atom. The van der Waals surface area contributed by atoms with E-state index in [2.05, 4.69) is 25.6 Å². The van der Waals surface area contributed by atoms with Crippen molar-refractivity contribution in [3.8, 4) is 11.4 Å². The molecule has 13 heteroatoms. The Balaban J connectivity index is 1.10. The van der Waals surface area contributed by atoms with Gasteiger partial charge in [-0.1, -0.05) is 0 Å². The molecule has 0 bridgehead atoms. The van der Waals surface area contributed by atoms with Crippen LogP contribution in [0.3, 0.4) is 0 Å². The molecule has 2 aliphatic carbocycles. The lowest BCUT2D eigenvalue weighted by atomic mass is 9.78. The molecule has 3 aromatic heterocycles. The lowest BCUT2D eigenvalue weighted by Crippen LogP contribution is -2.66. The van der Waals surface area contributed by atoms with Crippen molar-refractivity contribution in [1.82, 2.24) is 29.9 Å². The number of fused-ring (bicyclic) bond motifs is 1. The minimum Gasteiger partial charge on any atom is -0.380 e. The molecule has 3 aliphatic heterocycles. The number of urea groups is 1. The van der Waals surface area contributed by atoms with E-state index in [-0.39, 0.29) is 22.4 Å². The molecular weight excluding hydrogens is 513 g/mol. The van der Waals surface area contributed by atoms with Crippen LogP contribution in [0.15, 0.2) is 18.5 Å². The van der Waals surface area contributed by atoms with Crippen molar-refractivity contribution < 1.29 is 22.7 Å². The molecule has 206 valence electrons. The first-order valence-corrected chi connectivity index (χ1v) is 13.5. The molecule has 5 aliphatic rings. The minimum atomic E-state index is -4.43. The topological polar surface area (TPSA) is 104 Å². The second-order valence-corrected chi connectivity index (χ2v) is 12.4. The highest BCUT2D eigenvalue weighted by Crippen LogP contribution is 2.60. The maximum Gasteiger partial charge on any atom is 0.408 e. The quantitative estimate of drug-likeness (QED) is 0.513. The number of likely N-dealkylation sites (tertiary alicyclic amines) is 1. The molecule has 10 nitrogen and oxygen atoms in total. The molecule has 0 unspecified atom stereocenters. The maximum absolute atomic E-state index is 13.5. The Bertz CT molecular complexity index is 1480. The highest BCUT2D eigenvalue weighted by molar-refractivity contribution is 5.96. The molecule has 3 saturated heterocycles. The van der Waals surface area contributed by atoms with Gasteiger partial charge in [-0.3, -0.25) is 14.8 Å². The molecule has 0 atom stereocenters. The normalized spacial score (nSPS) is 23.8. The van der Waals surface area contributed by atoms with Crippen molar-refractivity contribution in [3.05, 3.63) is 18.5 Å². The summed E-state index contributed by atoms with van der Waals surface area (Å²) in [4.78, 5) is 22.0. The van der Waals surface area contributed by atoms with E-state index in [1.54, 1.807) is 12.3 Å². The van der Waals surface area contributed by atoms with Gasteiger partial charge in [-0.15, -0.1) is 0 Å². The van der Waals surface area contributed by atoms with Crippen molar-refractivity contribution in [2.75, 3.05) is 43.1 Å². The monoisotopic (exact) mass is 542 g/mol. The van der Waals surface area contributed by atoms with Crippen LogP contribution in [0, 0.1) is 10.8 Å². The molecule has 39 heavy (non-hydrogen) atoms. The van der Waals surface area contributed by atoms with Crippen LogP contribution in [0.2, 0.25) is 0 Å². The summed E-state index contributed by atoms with van der Waals surface area (Å²) in [5.74, 6) is 0.498. The number of anilines is 2. The second-order valence-electron chi connectivity index (χ2n) is 12.4. The molecule has 3 aromatic rings. The van der Waals surface area contributed by atoms with E-state index in [0.29, 0.717) is 60.1 Å². The molecule has 8 rings (SSSR count). The summed E-state index contributed by atoms with van der Waals surface area (Å²) in [6.07, 6.45) is 5.31. The van der Waals surface area contributed by atoms with E-state index in [1.165, 1.54) is 25.5 Å². The molecule has 0 radical (unpaired) electrons. The number of pyridine rings is 1. The second kappa shape index (κ2) is 7.64. The molecular formula is C26H29F3N8O2. The fraction of sp³-hybridized carbons (Fsp3) is 0.615. The SMILES string of the molecule is O=C(Nc1cn[nH]c1-c1cc2c(cn1)c(N1CC3(COC3)C1)nn2CC(F)(F)F)N1CC2(CC2)CCC12CC2. The fourth-order valence-electron chi connectivity index (χ4n) is 6.71. The molecule has 2 N–H and O–H groups in total. The van der Waals surface area contributed by atoms with Gasteiger partial charge in [-0.25, -0.2) is 4.79 Å². The molecule has 2 amide bonds. The fourth-order valence-corrected chi connectivity index (χ4v) is 6.71. The van der Waals surface area contributed by atoms with Crippen LogP contribution in [-0.2, 0) is 11.3 Å². The first-order chi connectivity index (χ1) is 18.7. The van der Waals surface area contributed by atoms with Crippen molar-refractivity contribution in [1.29, 1.82) is 0 Å². The summed E-state index contributed by atoms with van der Waals surface area (Å²) in [6.45, 7) is 2.30. The van der Waals surface area contributed by atoms with E-state index in [9.17, 15) is 18.0 Å². The highest BCUT2D eigenvalue weighted by Gasteiger charge is 2.59. The van der Waals surface area contributed by atoms with E-state index in [4.69, 9.17) is 4.74 Å². The van der Waals surface area contributed by atoms with Crippen molar-refractivity contribution >= 4 is 28.4 Å². The molecule has 0 aromatic carbocycles. The van der Waals surface area contributed by atoms with Gasteiger partial charge in [0.2, 0.25) is 0 Å². The largest absolute Gasteiger partial charge is 0.408 e. The third-order valence-electron chi connectivity index (χ3n) is 9.47. The summed E-state index contributed by atoms with van der Waals surface area (Å²) < 4.78 is 46.7. The number of alkyl halides is 3. The van der Waals surface area contributed by atoms with Gasteiger partial charge in [0.1, 0.15) is 12.2 Å². The van der Waals surface area contributed by atoms with Crippen LogP contribution in [-0.4, -0.2) is 80.5 Å². The van der Waals surface area contributed by atoms with Crippen LogP contribution in [0.1, 0.15) is 38.5 Å². The zero-order valence-electron chi connectivity index (χ0n) is 21.4. The Morgan fingerprint density at radius 3 is 2.46 bits per heavy atom. The zero-order chi connectivity index (χ0) is 26.6. The first kappa shape index (κ1) is 23.5. The van der Waals surface area contributed by atoms with E-state index < -0.39 is 12.7 Å². The highest BCUT2D eigenvalue weighted by atomic mass is 19.4. The van der Waals surface area contributed by atoms with E-state index in [0.717, 1.165) is 30.5 Å². The van der Waals surface area contributed by atoms with Crippen LogP contribution >= 0.6 is 0 Å². The van der Waals surface area contributed by atoms with Crippen molar-refractivity contribution in [3.63, 3.8) is 0 Å². The number of piperidine rings is 1. The summed E-state index contributed by atoms with van der Waals surface area (Å²) in [7, 11) is 0. The van der Waals surface area contributed by atoms with Crippen LogP contribution in [0.25, 0.3) is 22.3 Å². The smallest absolute Gasteiger partial charge is 0.380 e. The van der Waals surface area contributed by atoms with Crippen LogP contribution in [0.4, 0.5) is 29.5 Å². The van der Waals surface area contributed by atoms with Crippen LogP contribution < -0.4 is 10.2 Å². The van der Waals surface area contributed by atoms with Gasteiger partial charge >= 0.3 is 12.2 Å². The van der Waals surface area contributed by atoms with Gasteiger partial charge in [0, 0.05) is 31.4 Å². The van der Waals surface area contributed by atoms with Gasteiger partial charge in [0.25, 0.3) is 0 Å². The van der Waals surface area contributed by atoms with E-state index >= 15 is 0 Å². The molecule has 3 spiro atoms. The number of H-pyrrole nitrogens is 1. The number of hydrogen-bond donors (Lipinski definition) is 2. The number of rotatable bonds is 4. The van der Waals surface area contributed by atoms with Gasteiger partial charge in [0.15, 0.2) is 5.82 Å². The number of amides is 2. The molecule has 5 fully saturated rings. The summed E-state index contributed by atoms with van der Waals surface area (Å²) in [6, 6.07) is 1.43. The third kappa shape index (κ3) is 3.80. The summed E-state index contributed by atoms with van der Waals surface area (Å²) in [5, 5.41) is 14.9. The Hall–Kier alpha value is -3.35. The number of aromatic amines is 1. The van der Waals surface area contributed by atoms with E-state index in [1.807, 2.05) is 9.80 Å². The summed E-state index contributed by atoms with van der Waals surface area (Å²) in [5.41, 5.74) is 1.96. The van der Waals surface area contributed by atoms with Crippen LogP contribution in [0.5, 0.6) is 0 Å². The van der Waals surface area contributed by atoms with Crippen molar-refractivity contribution in [2.24, 2.45) is 10.8 Å². The number of ether oxygens (including phenoxy) is 1. The lowest BCUT2D eigenvalue weighted by molar-refractivity contribution is -0.141. The number of carbonyl (C=O) groups excluding carboxylic acids is 1. The standard InChI is InChI=1S/C26H29F3N8O2/c27-26(28,29)13-37-19-7-17(30-8-16(19)21(34-37)35-10-24(11-35)14-39-15-24)20-18(9-31-33-20)32-22(38)36-12-23(1-2-23)3-4-25(36)5-6-25/h7-9H,1-6,10-15H2,(H,31,33)(H,32,38). The average Bonchev–Trinajstić information content (AvgIpc) is 3.70. The average molecular weight is 543 g/mol. The Kier molecular flexibility index (Phi) is 4.61. The number of nitrogens with one attached hydrogen (secondary N) is 2. The Morgan fingerprint density at radius 2 is 1.79 bits per heavy atom. The minimum absolute atomic E-state index is 0.0273. The molecule has 2 saturated carbocycles. The first-order valence-electron chi connectivity index (χ1n) is 13.5. The van der Waals surface area contributed by atoms with Gasteiger partial charge < -0.3 is 19.9 Å². The zero-order valence-corrected chi connectivity index (χ0v) is 21.4. The number of nitrogens with zero attached hydrogens (tertiary/aromatic N) is 6. The van der Waals surface area contributed by atoms with Gasteiger partial charge in [0.05, 0.1) is 47.1 Å². The predicted octanol–water partition coefficient (Wildman–Crippen LogP) is 4.16.